The van der Waals surface area contributed by atoms with Gasteiger partial charge in [0, 0.05) is 31.9 Å². The third-order valence-corrected chi connectivity index (χ3v) is 2.39. The molecule has 0 saturated carbocycles. The fourth-order valence-corrected chi connectivity index (χ4v) is 1.62. The van der Waals surface area contributed by atoms with Crippen LogP contribution in [-0.4, -0.2) is 39.2 Å². The molecule has 16 heavy (non-hydrogen) atoms. The normalized spacial score (nSPS) is 13.4. The standard InChI is InChI=1S/C11H21N3O2/c1-8(2)11-9(6-14(3)13-11)4-12-5-10(16)7-15/h6,8,10,12,15-16H,4-5,7H2,1-3H3. The van der Waals surface area contributed by atoms with Crippen molar-refractivity contribution in [2.45, 2.75) is 32.4 Å². The molecule has 0 aromatic carbocycles. The molecule has 3 N–H and O–H groups in total. The van der Waals surface area contributed by atoms with Gasteiger partial charge in [0.05, 0.1) is 18.4 Å². The first-order chi connectivity index (χ1) is 7.54. The first-order valence-corrected chi connectivity index (χ1v) is 5.56. The maximum absolute atomic E-state index is 9.19. The lowest BCUT2D eigenvalue weighted by Gasteiger charge is -2.09. The van der Waals surface area contributed by atoms with E-state index in [0.717, 1.165) is 11.3 Å². The summed E-state index contributed by atoms with van der Waals surface area (Å²) in [5.41, 5.74) is 2.22. The molecule has 0 amide bonds. The van der Waals surface area contributed by atoms with Crippen LogP contribution in [0.5, 0.6) is 0 Å². The van der Waals surface area contributed by atoms with Gasteiger partial charge >= 0.3 is 0 Å². The summed E-state index contributed by atoms with van der Waals surface area (Å²) >= 11 is 0. The lowest BCUT2D eigenvalue weighted by Crippen LogP contribution is -2.29. The van der Waals surface area contributed by atoms with E-state index in [1.807, 2.05) is 13.2 Å². The van der Waals surface area contributed by atoms with Crippen molar-refractivity contribution in [2.75, 3.05) is 13.2 Å². The maximum atomic E-state index is 9.19. The van der Waals surface area contributed by atoms with Crippen LogP contribution in [0.3, 0.4) is 0 Å². The minimum Gasteiger partial charge on any atom is -0.394 e. The third kappa shape index (κ3) is 3.59. The van der Waals surface area contributed by atoms with Crippen molar-refractivity contribution in [3.8, 4) is 0 Å². The van der Waals surface area contributed by atoms with E-state index in [4.69, 9.17) is 5.11 Å². The van der Waals surface area contributed by atoms with Gasteiger partial charge in [-0.15, -0.1) is 0 Å². The van der Waals surface area contributed by atoms with Gasteiger partial charge in [0.1, 0.15) is 0 Å². The van der Waals surface area contributed by atoms with E-state index in [-0.39, 0.29) is 6.61 Å². The van der Waals surface area contributed by atoms with Crippen LogP contribution < -0.4 is 5.32 Å². The van der Waals surface area contributed by atoms with Crippen LogP contribution in [0.25, 0.3) is 0 Å². The maximum Gasteiger partial charge on any atom is 0.0895 e. The fraction of sp³-hybridized carbons (Fsp3) is 0.727. The molecule has 0 aliphatic rings. The second-order valence-corrected chi connectivity index (χ2v) is 4.34. The van der Waals surface area contributed by atoms with Crippen LogP contribution >= 0.6 is 0 Å². The molecule has 0 radical (unpaired) electrons. The van der Waals surface area contributed by atoms with Gasteiger partial charge < -0.3 is 15.5 Å². The molecule has 0 saturated heterocycles. The molecule has 1 aromatic heterocycles. The molecular formula is C11H21N3O2. The third-order valence-electron chi connectivity index (χ3n) is 2.39. The Morgan fingerprint density at radius 1 is 1.50 bits per heavy atom. The number of hydrogen-bond donors (Lipinski definition) is 3. The Labute approximate surface area is 96.1 Å². The summed E-state index contributed by atoms with van der Waals surface area (Å²) in [7, 11) is 1.90. The molecule has 92 valence electrons. The zero-order chi connectivity index (χ0) is 12.1. The monoisotopic (exact) mass is 227 g/mol. The average Bonchev–Trinajstić information content (AvgIpc) is 2.59. The van der Waals surface area contributed by atoms with Gasteiger partial charge in [0.25, 0.3) is 0 Å². The van der Waals surface area contributed by atoms with Crippen LogP contribution in [0.4, 0.5) is 0 Å². The summed E-state index contributed by atoms with van der Waals surface area (Å²) in [6, 6.07) is 0. The van der Waals surface area contributed by atoms with Gasteiger partial charge in [0.2, 0.25) is 0 Å². The van der Waals surface area contributed by atoms with E-state index in [1.165, 1.54) is 0 Å². The summed E-state index contributed by atoms with van der Waals surface area (Å²) in [4.78, 5) is 0. The van der Waals surface area contributed by atoms with Gasteiger partial charge in [-0.1, -0.05) is 13.8 Å². The zero-order valence-corrected chi connectivity index (χ0v) is 10.1. The molecule has 1 unspecified atom stereocenters. The predicted octanol–water partition coefficient (Wildman–Crippen LogP) is -0.0137. The van der Waals surface area contributed by atoms with Crippen molar-refractivity contribution in [1.82, 2.24) is 15.1 Å². The number of aromatic nitrogens is 2. The SMILES string of the molecule is CC(C)c1nn(C)cc1CNCC(O)CO. The number of aliphatic hydroxyl groups is 2. The molecule has 1 heterocycles. The van der Waals surface area contributed by atoms with Crippen molar-refractivity contribution in [1.29, 1.82) is 0 Å². The Hall–Kier alpha value is -0.910. The molecule has 1 rings (SSSR count). The summed E-state index contributed by atoms with van der Waals surface area (Å²) in [6.07, 6.45) is 1.28. The first kappa shape index (κ1) is 13.2. The Bertz CT molecular complexity index is 323. The van der Waals surface area contributed by atoms with Crippen LogP contribution in [-0.2, 0) is 13.6 Å². The van der Waals surface area contributed by atoms with Gasteiger partial charge in [-0.2, -0.15) is 5.10 Å². The molecule has 0 aliphatic carbocycles. The summed E-state index contributed by atoms with van der Waals surface area (Å²) in [5.74, 6) is 0.390. The Morgan fingerprint density at radius 2 is 2.19 bits per heavy atom. The van der Waals surface area contributed by atoms with Gasteiger partial charge in [0.15, 0.2) is 0 Å². The number of hydrogen-bond acceptors (Lipinski definition) is 4. The van der Waals surface area contributed by atoms with Crippen LogP contribution in [0.1, 0.15) is 31.0 Å². The molecule has 0 bridgehead atoms. The van der Waals surface area contributed by atoms with Crippen molar-refractivity contribution < 1.29 is 10.2 Å². The lowest BCUT2D eigenvalue weighted by atomic mass is 10.1. The minimum atomic E-state index is -0.695. The average molecular weight is 227 g/mol. The number of nitrogens with zero attached hydrogens (tertiary/aromatic N) is 2. The Kier molecular flexibility index (Phi) is 4.92. The predicted molar refractivity (Wildman–Crippen MR) is 62.1 cm³/mol. The molecule has 0 spiro atoms. The highest BCUT2D eigenvalue weighted by molar-refractivity contribution is 5.19. The van der Waals surface area contributed by atoms with E-state index in [9.17, 15) is 5.11 Å². The van der Waals surface area contributed by atoms with E-state index in [1.54, 1.807) is 4.68 Å². The largest absolute Gasteiger partial charge is 0.394 e. The van der Waals surface area contributed by atoms with Crippen LogP contribution in [0.2, 0.25) is 0 Å². The molecule has 5 heteroatoms. The quantitative estimate of drug-likeness (QED) is 0.639. The topological polar surface area (TPSA) is 70.3 Å². The second-order valence-electron chi connectivity index (χ2n) is 4.34. The van der Waals surface area contributed by atoms with Crippen molar-refractivity contribution in [2.24, 2.45) is 7.05 Å². The molecule has 0 aliphatic heterocycles. The molecule has 1 atom stereocenters. The highest BCUT2D eigenvalue weighted by Crippen LogP contribution is 2.16. The lowest BCUT2D eigenvalue weighted by molar-refractivity contribution is 0.0942. The minimum absolute atomic E-state index is 0.211. The smallest absolute Gasteiger partial charge is 0.0895 e. The van der Waals surface area contributed by atoms with Crippen LogP contribution in [0, 0.1) is 0 Å². The molecule has 0 fully saturated rings. The van der Waals surface area contributed by atoms with Crippen LogP contribution in [0.15, 0.2) is 6.20 Å². The molecule has 1 aromatic rings. The highest BCUT2D eigenvalue weighted by Gasteiger charge is 2.11. The van der Waals surface area contributed by atoms with Crippen molar-refractivity contribution in [3.05, 3.63) is 17.5 Å². The number of rotatable bonds is 6. The first-order valence-electron chi connectivity index (χ1n) is 5.56. The van der Waals surface area contributed by atoms with E-state index in [2.05, 4.69) is 24.3 Å². The molecule has 5 nitrogen and oxygen atoms in total. The van der Waals surface area contributed by atoms with Gasteiger partial charge in [-0.05, 0) is 5.92 Å². The zero-order valence-electron chi connectivity index (χ0n) is 10.1. The van der Waals surface area contributed by atoms with Crippen molar-refractivity contribution in [3.63, 3.8) is 0 Å². The number of aryl methyl sites for hydroxylation is 1. The van der Waals surface area contributed by atoms with E-state index >= 15 is 0 Å². The number of aliphatic hydroxyl groups excluding tert-OH is 2. The summed E-state index contributed by atoms with van der Waals surface area (Å²) in [6.45, 7) is 5.06. The molecular weight excluding hydrogens is 206 g/mol. The number of nitrogens with one attached hydrogen (secondary N) is 1. The highest BCUT2D eigenvalue weighted by atomic mass is 16.3. The second kappa shape index (κ2) is 5.98. The van der Waals surface area contributed by atoms with Crippen molar-refractivity contribution >= 4 is 0 Å². The fourth-order valence-electron chi connectivity index (χ4n) is 1.62. The Balaban J connectivity index is 2.53. The van der Waals surface area contributed by atoms with E-state index in [0.29, 0.717) is 19.0 Å². The van der Waals surface area contributed by atoms with Gasteiger partial charge in [-0.25, -0.2) is 0 Å². The Morgan fingerprint density at radius 3 is 2.75 bits per heavy atom. The van der Waals surface area contributed by atoms with Gasteiger partial charge in [-0.3, -0.25) is 4.68 Å². The summed E-state index contributed by atoms with van der Waals surface area (Å²) < 4.78 is 1.80. The van der Waals surface area contributed by atoms with E-state index < -0.39 is 6.10 Å². The summed E-state index contributed by atoms with van der Waals surface area (Å²) in [5, 5.41) is 25.3.